The van der Waals surface area contributed by atoms with Crippen molar-refractivity contribution < 1.29 is 25.2 Å². The van der Waals surface area contributed by atoms with Gasteiger partial charge in [0.15, 0.2) is 0 Å². The maximum Gasteiger partial charge on any atom is 0.303 e. The number of aliphatic hydroxyl groups excluding tert-OH is 3. The fourth-order valence-electron chi connectivity index (χ4n) is 8.14. The lowest BCUT2D eigenvalue weighted by Gasteiger charge is -2.59. The molecule has 4 N–H and O–H groups in total. The maximum atomic E-state index is 11.5. The number of aliphatic carboxylic acids is 1. The third-order valence-electron chi connectivity index (χ3n) is 10.8. The van der Waals surface area contributed by atoms with Crippen LogP contribution in [0.25, 0.3) is 0 Å². The van der Waals surface area contributed by atoms with E-state index in [-0.39, 0.29) is 17.3 Å². The molecule has 5 heteroatoms. The van der Waals surface area contributed by atoms with Crippen molar-refractivity contribution >= 4 is 5.97 Å². The van der Waals surface area contributed by atoms with E-state index in [9.17, 15) is 20.1 Å². The molecule has 0 aliphatic heterocycles. The molecule has 1 unspecified atom stereocenters. The number of carbonyl (C=O) groups is 1. The first kappa shape index (κ1) is 25.0. The fourth-order valence-corrected chi connectivity index (χ4v) is 8.14. The van der Waals surface area contributed by atoms with Gasteiger partial charge >= 0.3 is 5.97 Å². The summed E-state index contributed by atoms with van der Waals surface area (Å²) in [7, 11) is 0. The van der Waals surface area contributed by atoms with Gasteiger partial charge < -0.3 is 20.4 Å². The molecular weight excluding hydrogens is 392 g/mol. The zero-order valence-electron chi connectivity index (χ0n) is 20.3. The summed E-state index contributed by atoms with van der Waals surface area (Å²) in [5.74, 6) is 0.787. The van der Waals surface area contributed by atoms with E-state index >= 15 is 0 Å². The van der Waals surface area contributed by atoms with E-state index < -0.39 is 29.7 Å². The predicted octanol–water partition coefficient (Wildman–Crippen LogP) is 4.62. The third-order valence-corrected chi connectivity index (χ3v) is 10.8. The molecule has 0 aromatic heterocycles. The molecule has 0 spiro atoms. The molecule has 3 fully saturated rings. The molecule has 0 saturated heterocycles. The van der Waals surface area contributed by atoms with Gasteiger partial charge in [0.2, 0.25) is 0 Å². The van der Waals surface area contributed by atoms with Crippen LogP contribution in [0, 0.1) is 39.9 Å². The molecule has 3 rings (SSSR count). The van der Waals surface area contributed by atoms with Crippen LogP contribution >= 0.6 is 0 Å². The zero-order valence-corrected chi connectivity index (χ0v) is 20.3. The van der Waals surface area contributed by atoms with Crippen LogP contribution in [-0.4, -0.2) is 44.7 Å². The molecule has 3 aliphatic rings. The highest BCUT2D eigenvalue weighted by molar-refractivity contribution is 5.66. The number of carboxylic acid groups (broad SMARTS) is 1. The summed E-state index contributed by atoms with van der Waals surface area (Å²) in [5.41, 5.74) is -0.589. The Morgan fingerprint density at radius 2 is 1.68 bits per heavy atom. The quantitative estimate of drug-likeness (QED) is 0.513. The van der Waals surface area contributed by atoms with Crippen molar-refractivity contribution in [3.63, 3.8) is 0 Å². The van der Waals surface area contributed by atoms with Gasteiger partial charge in [0.1, 0.15) is 0 Å². The summed E-state index contributed by atoms with van der Waals surface area (Å²) < 4.78 is 0. The second-order valence-electron chi connectivity index (χ2n) is 12.2. The van der Waals surface area contributed by atoms with E-state index in [4.69, 9.17) is 5.11 Å². The van der Waals surface area contributed by atoms with E-state index in [0.29, 0.717) is 42.9 Å². The third kappa shape index (κ3) is 4.31. The molecule has 0 bridgehead atoms. The van der Waals surface area contributed by atoms with Crippen LogP contribution in [-0.2, 0) is 4.79 Å². The van der Waals surface area contributed by atoms with Crippen LogP contribution in [0.1, 0.15) is 98.8 Å². The molecule has 10 atom stereocenters. The zero-order chi connectivity index (χ0) is 23.2. The van der Waals surface area contributed by atoms with Gasteiger partial charge in [-0.15, -0.1) is 0 Å². The van der Waals surface area contributed by atoms with Crippen LogP contribution in [0.2, 0.25) is 0 Å². The topological polar surface area (TPSA) is 98.0 Å². The van der Waals surface area contributed by atoms with E-state index in [1.54, 1.807) is 0 Å². The molecule has 0 heterocycles. The lowest BCUT2D eigenvalue weighted by molar-refractivity contribution is -0.182. The largest absolute Gasteiger partial charge is 0.481 e. The number of fused-ring (bicyclic) bond motifs is 2. The summed E-state index contributed by atoms with van der Waals surface area (Å²) in [5, 5.41) is 42.3. The molecular formula is C26H46O5. The highest BCUT2D eigenvalue weighted by atomic mass is 16.4. The predicted molar refractivity (Wildman–Crippen MR) is 121 cm³/mol. The van der Waals surface area contributed by atoms with Gasteiger partial charge in [0.05, 0.1) is 18.3 Å². The minimum Gasteiger partial charge on any atom is -0.481 e. The van der Waals surface area contributed by atoms with Crippen molar-refractivity contribution in [2.45, 2.75) is 117 Å². The highest BCUT2D eigenvalue weighted by Crippen LogP contribution is 2.62. The first-order valence-corrected chi connectivity index (χ1v) is 12.6. The van der Waals surface area contributed by atoms with Gasteiger partial charge in [-0.05, 0) is 92.3 Å². The van der Waals surface area contributed by atoms with Crippen LogP contribution < -0.4 is 0 Å². The SMILES string of the molecule is C[C@H](CCC(=O)O)[C@H]1CC[C@H]2C[C@H](O)[C@H](O)[C@]3(C)C[C@H](O)CCC3(C)[C@H](C)CC[C@@]21C. The van der Waals surface area contributed by atoms with Crippen LogP contribution in [0.15, 0.2) is 0 Å². The van der Waals surface area contributed by atoms with Gasteiger partial charge in [-0.25, -0.2) is 0 Å². The summed E-state index contributed by atoms with van der Waals surface area (Å²) in [4.78, 5) is 11.1. The Morgan fingerprint density at radius 1 is 1.00 bits per heavy atom. The smallest absolute Gasteiger partial charge is 0.303 e. The Balaban J connectivity index is 1.90. The Hall–Kier alpha value is -0.650. The maximum absolute atomic E-state index is 11.5. The molecule has 0 aromatic rings. The molecule has 3 saturated carbocycles. The van der Waals surface area contributed by atoms with E-state index in [1.165, 1.54) is 0 Å². The average Bonchev–Trinajstić information content (AvgIpc) is 3.02. The highest BCUT2D eigenvalue weighted by Gasteiger charge is 2.58. The molecule has 180 valence electrons. The van der Waals surface area contributed by atoms with Crippen LogP contribution in [0.4, 0.5) is 0 Å². The molecule has 0 aromatic carbocycles. The first-order chi connectivity index (χ1) is 14.3. The van der Waals surface area contributed by atoms with Gasteiger partial charge in [-0.2, -0.15) is 0 Å². The lowest BCUT2D eigenvalue weighted by Crippen LogP contribution is -2.58. The number of aliphatic hydroxyl groups is 3. The Labute approximate surface area is 188 Å². The number of hydrogen-bond donors (Lipinski definition) is 4. The van der Waals surface area contributed by atoms with Crippen molar-refractivity contribution in [2.75, 3.05) is 0 Å². The number of carboxylic acids is 1. The first-order valence-electron chi connectivity index (χ1n) is 12.6. The van der Waals surface area contributed by atoms with Crippen molar-refractivity contribution in [2.24, 2.45) is 39.9 Å². The Morgan fingerprint density at radius 3 is 2.32 bits per heavy atom. The van der Waals surface area contributed by atoms with Crippen LogP contribution in [0.3, 0.4) is 0 Å². The monoisotopic (exact) mass is 438 g/mol. The Bertz CT molecular complexity index is 652. The fraction of sp³-hybridized carbons (Fsp3) is 0.962. The lowest BCUT2D eigenvalue weighted by atomic mass is 9.48. The summed E-state index contributed by atoms with van der Waals surface area (Å²) in [6.45, 7) is 11.2. The minimum atomic E-state index is -0.847. The summed E-state index contributed by atoms with van der Waals surface area (Å²) in [6, 6.07) is 0. The molecule has 3 aliphatic carbocycles. The second kappa shape index (κ2) is 8.95. The molecule has 0 amide bonds. The normalized spacial score (nSPS) is 49.7. The standard InChI is InChI=1S/C26H46O5/c1-16(6-9-22(29)30)20-8-7-18-14-21(28)23(31)26(5)15-19(27)11-13-25(26,4)17(2)10-12-24(18,20)3/h16-21,23,27-28,31H,6-15H2,1-5H3,(H,29,30)/t16-,17-,18+,19-,20-,21+,23+,24+,25?,26+/m1/s1. The average molecular weight is 439 g/mol. The van der Waals surface area contributed by atoms with Gasteiger partial charge in [-0.1, -0.05) is 34.6 Å². The molecule has 0 radical (unpaired) electrons. The number of hydrogen-bond acceptors (Lipinski definition) is 4. The Kier molecular flexibility index (Phi) is 7.21. The minimum absolute atomic E-state index is 0.0607. The molecule has 5 nitrogen and oxygen atoms in total. The van der Waals surface area contributed by atoms with Crippen molar-refractivity contribution in [1.82, 2.24) is 0 Å². The van der Waals surface area contributed by atoms with Crippen molar-refractivity contribution in [1.29, 1.82) is 0 Å². The van der Waals surface area contributed by atoms with Gasteiger partial charge in [0, 0.05) is 11.8 Å². The summed E-state index contributed by atoms with van der Waals surface area (Å²) in [6.07, 6.45) is 5.90. The van der Waals surface area contributed by atoms with E-state index in [1.807, 2.05) is 0 Å². The second-order valence-corrected chi connectivity index (χ2v) is 12.2. The summed E-state index contributed by atoms with van der Waals surface area (Å²) >= 11 is 0. The molecule has 31 heavy (non-hydrogen) atoms. The van der Waals surface area contributed by atoms with Crippen molar-refractivity contribution in [3.8, 4) is 0 Å². The van der Waals surface area contributed by atoms with E-state index in [0.717, 1.165) is 38.5 Å². The van der Waals surface area contributed by atoms with Gasteiger partial charge in [-0.3, -0.25) is 4.79 Å². The van der Waals surface area contributed by atoms with Crippen LogP contribution in [0.5, 0.6) is 0 Å². The van der Waals surface area contributed by atoms with Crippen molar-refractivity contribution in [3.05, 3.63) is 0 Å². The van der Waals surface area contributed by atoms with Gasteiger partial charge in [0.25, 0.3) is 0 Å². The number of rotatable bonds is 4. The van der Waals surface area contributed by atoms with E-state index in [2.05, 4.69) is 34.6 Å².